The topological polar surface area (TPSA) is 29.3 Å². The molecule has 2 aromatic carbocycles. The molecular formula is C19H21F3N2. The number of nitrogens with zero attached hydrogens (tertiary/aromatic N) is 1. The second-order valence-corrected chi connectivity index (χ2v) is 6.50. The highest BCUT2D eigenvalue weighted by molar-refractivity contribution is 5.31. The highest BCUT2D eigenvalue weighted by Crippen LogP contribution is 2.35. The Hall–Kier alpha value is -1.85. The number of benzene rings is 2. The number of nitrogens with two attached hydrogens (primary N) is 1. The molecule has 1 heterocycles. The van der Waals surface area contributed by atoms with Crippen molar-refractivity contribution in [3.63, 3.8) is 0 Å². The lowest BCUT2D eigenvalue weighted by Gasteiger charge is -2.40. The second-order valence-electron chi connectivity index (χ2n) is 6.50. The van der Waals surface area contributed by atoms with Gasteiger partial charge in [-0.25, -0.2) is 0 Å². The molecule has 2 aromatic rings. The zero-order chi connectivity index (χ0) is 17.2. The Morgan fingerprint density at radius 2 is 1.62 bits per heavy atom. The van der Waals surface area contributed by atoms with Crippen LogP contribution in [-0.4, -0.2) is 18.0 Å². The molecule has 3 rings (SSSR count). The maximum absolute atomic E-state index is 12.9. The summed E-state index contributed by atoms with van der Waals surface area (Å²) in [4.78, 5) is 2.30. The Morgan fingerprint density at radius 1 is 0.958 bits per heavy atom. The molecule has 0 atom stereocenters. The summed E-state index contributed by atoms with van der Waals surface area (Å²) in [6, 6.07) is 15.6. The van der Waals surface area contributed by atoms with E-state index >= 15 is 0 Å². The highest BCUT2D eigenvalue weighted by Gasteiger charge is 2.35. The maximum Gasteiger partial charge on any atom is 0.416 e. The van der Waals surface area contributed by atoms with Crippen LogP contribution in [0.2, 0.25) is 0 Å². The number of likely N-dealkylation sites (tertiary alicyclic amines) is 1. The summed E-state index contributed by atoms with van der Waals surface area (Å²) in [6.07, 6.45) is -3.03. The first-order chi connectivity index (χ1) is 11.4. The van der Waals surface area contributed by atoms with Gasteiger partial charge in [-0.15, -0.1) is 0 Å². The van der Waals surface area contributed by atoms with Gasteiger partial charge in [0.15, 0.2) is 0 Å². The smallest absolute Gasteiger partial charge is 0.321 e. The molecule has 1 fully saturated rings. The van der Waals surface area contributed by atoms with Gasteiger partial charge in [0.05, 0.1) is 5.56 Å². The third kappa shape index (κ3) is 3.79. The van der Waals surface area contributed by atoms with E-state index < -0.39 is 17.3 Å². The van der Waals surface area contributed by atoms with Crippen molar-refractivity contribution in [1.82, 2.24) is 4.90 Å². The molecule has 0 aliphatic carbocycles. The minimum Gasteiger partial charge on any atom is -0.321 e. The van der Waals surface area contributed by atoms with Gasteiger partial charge in [-0.05, 0) is 36.1 Å². The number of halogens is 3. The van der Waals surface area contributed by atoms with Crippen LogP contribution in [0.5, 0.6) is 0 Å². The van der Waals surface area contributed by atoms with Crippen LogP contribution >= 0.6 is 0 Å². The molecule has 0 spiro atoms. The molecule has 0 radical (unpaired) electrons. The summed E-state index contributed by atoms with van der Waals surface area (Å²) in [6.45, 7) is 2.41. The van der Waals surface area contributed by atoms with Crippen LogP contribution in [0.3, 0.4) is 0 Å². The summed E-state index contributed by atoms with van der Waals surface area (Å²) in [7, 11) is 0. The van der Waals surface area contributed by atoms with E-state index in [2.05, 4.69) is 17.0 Å². The van der Waals surface area contributed by atoms with Crippen LogP contribution in [0.4, 0.5) is 13.2 Å². The standard InChI is InChI=1S/C19H21F3N2/c20-19(21,22)17-8-4-7-16(13-17)18(23)9-11-24(12-10-18)14-15-5-2-1-3-6-15/h1-8,13H,9-12,14,23H2. The van der Waals surface area contributed by atoms with Gasteiger partial charge in [-0.2, -0.15) is 13.2 Å². The third-order valence-electron chi connectivity index (χ3n) is 4.76. The Kier molecular flexibility index (Phi) is 4.65. The van der Waals surface area contributed by atoms with E-state index in [0.29, 0.717) is 18.4 Å². The Morgan fingerprint density at radius 3 is 2.25 bits per heavy atom. The van der Waals surface area contributed by atoms with E-state index in [-0.39, 0.29) is 0 Å². The molecule has 1 aliphatic heterocycles. The first kappa shape index (κ1) is 17.0. The number of rotatable bonds is 3. The van der Waals surface area contributed by atoms with Crippen LogP contribution in [0.25, 0.3) is 0 Å². The van der Waals surface area contributed by atoms with Gasteiger partial charge in [0, 0.05) is 25.2 Å². The Balaban J connectivity index is 1.68. The summed E-state index contributed by atoms with van der Waals surface area (Å²) >= 11 is 0. The van der Waals surface area contributed by atoms with Crippen molar-refractivity contribution < 1.29 is 13.2 Å². The fourth-order valence-corrected chi connectivity index (χ4v) is 3.25. The van der Waals surface area contributed by atoms with Gasteiger partial charge in [0.25, 0.3) is 0 Å². The van der Waals surface area contributed by atoms with E-state index in [1.54, 1.807) is 6.07 Å². The number of hydrogen-bond donors (Lipinski definition) is 1. The monoisotopic (exact) mass is 334 g/mol. The fraction of sp³-hybridized carbons (Fsp3) is 0.368. The van der Waals surface area contributed by atoms with Crippen LogP contribution in [0.1, 0.15) is 29.5 Å². The highest BCUT2D eigenvalue weighted by atomic mass is 19.4. The van der Waals surface area contributed by atoms with E-state index in [0.717, 1.165) is 25.7 Å². The SMILES string of the molecule is NC1(c2cccc(C(F)(F)F)c2)CCN(Cc2ccccc2)CC1. The molecule has 5 heteroatoms. The van der Waals surface area contributed by atoms with Crippen molar-refractivity contribution in [2.75, 3.05) is 13.1 Å². The lowest BCUT2D eigenvalue weighted by Crippen LogP contribution is -2.47. The minimum absolute atomic E-state index is 0.580. The van der Waals surface area contributed by atoms with Crippen molar-refractivity contribution in [2.24, 2.45) is 5.73 Å². The molecule has 1 aliphatic rings. The van der Waals surface area contributed by atoms with Crippen LogP contribution in [0, 0.1) is 0 Å². The zero-order valence-electron chi connectivity index (χ0n) is 13.4. The normalized spacial score (nSPS) is 18.5. The molecule has 1 saturated heterocycles. The van der Waals surface area contributed by atoms with Crippen molar-refractivity contribution in [1.29, 1.82) is 0 Å². The van der Waals surface area contributed by atoms with Crippen LogP contribution in [-0.2, 0) is 18.3 Å². The first-order valence-corrected chi connectivity index (χ1v) is 8.10. The third-order valence-corrected chi connectivity index (χ3v) is 4.76. The van der Waals surface area contributed by atoms with Gasteiger partial charge in [0.2, 0.25) is 0 Å². The van der Waals surface area contributed by atoms with Gasteiger partial charge in [-0.1, -0.05) is 42.5 Å². The fourth-order valence-electron chi connectivity index (χ4n) is 3.25. The molecule has 0 saturated carbocycles. The van der Waals surface area contributed by atoms with Gasteiger partial charge in [-0.3, -0.25) is 4.90 Å². The summed E-state index contributed by atoms with van der Waals surface area (Å²) < 4.78 is 38.7. The predicted octanol–water partition coefficient (Wildman–Crippen LogP) is 4.16. The summed E-state index contributed by atoms with van der Waals surface area (Å²) in [5.41, 5.74) is 6.96. The largest absolute Gasteiger partial charge is 0.416 e. The van der Waals surface area contributed by atoms with Crippen LogP contribution < -0.4 is 5.73 Å². The van der Waals surface area contributed by atoms with Crippen molar-refractivity contribution in [2.45, 2.75) is 31.1 Å². The molecule has 128 valence electrons. The van der Waals surface area contributed by atoms with Gasteiger partial charge in [0.1, 0.15) is 0 Å². The van der Waals surface area contributed by atoms with Crippen molar-refractivity contribution in [3.8, 4) is 0 Å². The van der Waals surface area contributed by atoms with E-state index in [1.165, 1.54) is 17.7 Å². The zero-order valence-corrected chi connectivity index (χ0v) is 13.4. The summed E-state index contributed by atoms with van der Waals surface area (Å²) in [5.74, 6) is 0. The number of piperidine rings is 1. The van der Waals surface area contributed by atoms with Crippen molar-refractivity contribution in [3.05, 3.63) is 71.3 Å². The number of alkyl halides is 3. The predicted molar refractivity (Wildman–Crippen MR) is 88.3 cm³/mol. The minimum atomic E-state index is -4.33. The molecule has 0 aromatic heterocycles. The van der Waals surface area contributed by atoms with Crippen LogP contribution in [0.15, 0.2) is 54.6 Å². The molecule has 0 bridgehead atoms. The Labute approximate surface area is 140 Å². The number of hydrogen-bond acceptors (Lipinski definition) is 2. The second kappa shape index (κ2) is 6.57. The molecule has 0 amide bonds. The van der Waals surface area contributed by atoms with Gasteiger partial charge < -0.3 is 5.73 Å². The van der Waals surface area contributed by atoms with Gasteiger partial charge >= 0.3 is 6.18 Å². The Bertz CT molecular complexity index is 675. The lowest BCUT2D eigenvalue weighted by atomic mass is 9.81. The quantitative estimate of drug-likeness (QED) is 0.913. The molecule has 2 N–H and O–H groups in total. The van der Waals surface area contributed by atoms with Crippen molar-refractivity contribution >= 4 is 0 Å². The first-order valence-electron chi connectivity index (χ1n) is 8.10. The average Bonchev–Trinajstić information content (AvgIpc) is 2.57. The molecular weight excluding hydrogens is 313 g/mol. The van der Waals surface area contributed by atoms with E-state index in [9.17, 15) is 13.2 Å². The van der Waals surface area contributed by atoms with E-state index in [4.69, 9.17) is 5.73 Å². The maximum atomic E-state index is 12.9. The van der Waals surface area contributed by atoms with E-state index in [1.807, 2.05) is 18.2 Å². The summed E-state index contributed by atoms with van der Waals surface area (Å²) in [5, 5.41) is 0. The molecule has 2 nitrogen and oxygen atoms in total. The molecule has 24 heavy (non-hydrogen) atoms. The lowest BCUT2D eigenvalue weighted by molar-refractivity contribution is -0.137. The molecule has 0 unspecified atom stereocenters. The average molecular weight is 334 g/mol.